The van der Waals surface area contributed by atoms with Crippen LogP contribution in [0.4, 0.5) is 0 Å². The van der Waals surface area contributed by atoms with Crippen molar-refractivity contribution < 1.29 is 14.6 Å². The van der Waals surface area contributed by atoms with E-state index in [1.54, 1.807) is 7.05 Å². The quantitative estimate of drug-likeness (QED) is 0.571. The van der Waals surface area contributed by atoms with Crippen molar-refractivity contribution in [1.29, 1.82) is 0 Å². The number of carbonyl (C=O) groups is 1. The van der Waals surface area contributed by atoms with Gasteiger partial charge in [-0.15, -0.1) is 0 Å². The van der Waals surface area contributed by atoms with Crippen molar-refractivity contribution in [3.8, 4) is 5.75 Å². The second-order valence-corrected chi connectivity index (χ2v) is 4.26. The number of benzene rings is 1. The number of amides is 1. The van der Waals surface area contributed by atoms with E-state index in [0.29, 0.717) is 19.5 Å². The van der Waals surface area contributed by atoms with Crippen LogP contribution in [0.15, 0.2) is 30.3 Å². The monoisotopic (exact) mass is 266 g/mol. The van der Waals surface area contributed by atoms with E-state index in [4.69, 9.17) is 4.74 Å². The van der Waals surface area contributed by atoms with E-state index in [1.807, 2.05) is 30.3 Å². The first-order valence-electron chi connectivity index (χ1n) is 6.49. The molecule has 0 spiro atoms. The summed E-state index contributed by atoms with van der Waals surface area (Å²) in [5.74, 6) is 0.788. The van der Waals surface area contributed by atoms with Crippen LogP contribution in [-0.2, 0) is 4.79 Å². The van der Waals surface area contributed by atoms with Crippen LogP contribution in [0.3, 0.4) is 0 Å². The van der Waals surface area contributed by atoms with Gasteiger partial charge in [-0.2, -0.15) is 0 Å². The summed E-state index contributed by atoms with van der Waals surface area (Å²) in [4.78, 5) is 11.0. The van der Waals surface area contributed by atoms with Gasteiger partial charge in [0.05, 0.1) is 0 Å². The minimum Gasteiger partial charge on any atom is -0.491 e. The molecule has 0 saturated heterocycles. The molecule has 1 aromatic carbocycles. The lowest BCUT2D eigenvalue weighted by atomic mass is 10.3. The summed E-state index contributed by atoms with van der Waals surface area (Å²) in [5.41, 5.74) is 0. The van der Waals surface area contributed by atoms with Gasteiger partial charge in [0.2, 0.25) is 5.91 Å². The molecule has 5 nitrogen and oxygen atoms in total. The topological polar surface area (TPSA) is 70.6 Å². The molecule has 0 aliphatic carbocycles. The molecule has 0 heterocycles. The lowest BCUT2D eigenvalue weighted by molar-refractivity contribution is -0.120. The highest BCUT2D eigenvalue weighted by Crippen LogP contribution is 2.08. The zero-order valence-electron chi connectivity index (χ0n) is 11.3. The maximum absolute atomic E-state index is 11.0. The SMILES string of the molecule is CNC(=O)CCCNCC(O)COc1ccccc1. The first kappa shape index (κ1) is 15.5. The Balaban J connectivity index is 2.02. The Morgan fingerprint density at radius 2 is 2.11 bits per heavy atom. The van der Waals surface area contributed by atoms with Crippen LogP contribution < -0.4 is 15.4 Å². The smallest absolute Gasteiger partial charge is 0.219 e. The van der Waals surface area contributed by atoms with Gasteiger partial charge in [0.25, 0.3) is 0 Å². The Bertz CT molecular complexity index is 357. The molecule has 0 fully saturated rings. The fourth-order valence-electron chi connectivity index (χ4n) is 1.54. The molecular weight excluding hydrogens is 244 g/mol. The molecule has 0 saturated carbocycles. The average Bonchev–Trinajstić information content (AvgIpc) is 2.45. The predicted molar refractivity (Wildman–Crippen MR) is 74.1 cm³/mol. The van der Waals surface area contributed by atoms with Crippen LogP contribution in [0.25, 0.3) is 0 Å². The first-order chi connectivity index (χ1) is 9.22. The third-order valence-corrected chi connectivity index (χ3v) is 2.60. The van der Waals surface area contributed by atoms with Crippen LogP contribution in [-0.4, -0.2) is 43.9 Å². The largest absolute Gasteiger partial charge is 0.491 e. The van der Waals surface area contributed by atoms with Crippen molar-refractivity contribution in [2.24, 2.45) is 0 Å². The molecule has 1 aromatic rings. The van der Waals surface area contributed by atoms with Gasteiger partial charge < -0.3 is 20.5 Å². The molecule has 1 unspecified atom stereocenters. The molecule has 5 heteroatoms. The van der Waals surface area contributed by atoms with Crippen molar-refractivity contribution in [1.82, 2.24) is 10.6 Å². The average molecular weight is 266 g/mol. The van der Waals surface area contributed by atoms with Crippen LogP contribution in [0.2, 0.25) is 0 Å². The number of ether oxygens (including phenoxy) is 1. The zero-order chi connectivity index (χ0) is 13.9. The fourth-order valence-corrected chi connectivity index (χ4v) is 1.54. The molecule has 0 aliphatic heterocycles. The van der Waals surface area contributed by atoms with Crippen LogP contribution in [0, 0.1) is 0 Å². The summed E-state index contributed by atoms with van der Waals surface area (Å²) in [5, 5.41) is 15.4. The van der Waals surface area contributed by atoms with E-state index < -0.39 is 6.10 Å². The Hall–Kier alpha value is -1.59. The highest BCUT2D eigenvalue weighted by atomic mass is 16.5. The zero-order valence-corrected chi connectivity index (χ0v) is 11.3. The van der Waals surface area contributed by atoms with E-state index in [1.165, 1.54) is 0 Å². The molecule has 19 heavy (non-hydrogen) atoms. The third-order valence-electron chi connectivity index (χ3n) is 2.60. The van der Waals surface area contributed by atoms with Crippen LogP contribution >= 0.6 is 0 Å². The number of para-hydroxylation sites is 1. The molecule has 1 atom stereocenters. The van der Waals surface area contributed by atoms with E-state index in [9.17, 15) is 9.90 Å². The molecule has 1 amide bonds. The van der Waals surface area contributed by atoms with Crippen molar-refractivity contribution in [3.63, 3.8) is 0 Å². The molecular formula is C14H22N2O3. The highest BCUT2D eigenvalue weighted by molar-refractivity contribution is 5.75. The molecule has 0 radical (unpaired) electrons. The Morgan fingerprint density at radius 1 is 1.37 bits per heavy atom. The lowest BCUT2D eigenvalue weighted by Gasteiger charge is -2.13. The summed E-state index contributed by atoms with van der Waals surface area (Å²) in [6.45, 7) is 1.42. The molecule has 0 aromatic heterocycles. The van der Waals surface area contributed by atoms with Gasteiger partial charge in [-0.25, -0.2) is 0 Å². The van der Waals surface area contributed by atoms with Crippen molar-refractivity contribution in [2.75, 3.05) is 26.7 Å². The Morgan fingerprint density at radius 3 is 2.79 bits per heavy atom. The molecule has 3 N–H and O–H groups in total. The van der Waals surface area contributed by atoms with E-state index in [0.717, 1.165) is 12.2 Å². The minimum atomic E-state index is -0.555. The summed E-state index contributed by atoms with van der Waals surface area (Å²) >= 11 is 0. The van der Waals surface area contributed by atoms with Crippen LogP contribution in [0.5, 0.6) is 5.75 Å². The lowest BCUT2D eigenvalue weighted by Crippen LogP contribution is -2.32. The summed E-state index contributed by atoms with van der Waals surface area (Å²) in [6.07, 6.45) is 0.701. The number of carbonyl (C=O) groups excluding carboxylic acids is 1. The van der Waals surface area contributed by atoms with Crippen molar-refractivity contribution in [2.45, 2.75) is 18.9 Å². The second kappa shape index (κ2) is 9.35. The molecule has 1 rings (SSSR count). The number of hydrogen-bond acceptors (Lipinski definition) is 4. The van der Waals surface area contributed by atoms with E-state index in [-0.39, 0.29) is 12.5 Å². The summed E-state index contributed by atoms with van der Waals surface area (Å²) in [6, 6.07) is 9.39. The number of rotatable bonds is 9. The maximum Gasteiger partial charge on any atom is 0.219 e. The van der Waals surface area contributed by atoms with Gasteiger partial charge in [-0.3, -0.25) is 4.79 Å². The third kappa shape index (κ3) is 7.43. The second-order valence-electron chi connectivity index (χ2n) is 4.26. The standard InChI is InChI=1S/C14H22N2O3/c1-15-14(18)8-5-9-16-10-12(17)11-19-13-6-3-2-4-7-13/h2-4,6-7,12,16-17H,5,8-11H2,1H3,(H,15,18). The van der Waals surface area contributed by atoms with Gasteiger partial charge in [-0.1, -0.05) is 18.2 Å². The summed E-state index contributed by atoms with van der Waals surface area (Å²) < 4.78 is 5.43. The van der Waals surface area contributed by atoms with E-state index in [2.05, 4.69) is 10.6 Å². The minimum absolute atomic E-state index is 0.0368. The van der Waals surface area contributed by atoms with Crippen molar-refractivity contribution >= 4 is 5.91 Å². The summed E-state index contributed by atoms with van der Waals surface area (Å²) in [7, 11) is 1.63. The maximum atomic E-state index is 11.0. The Kier molecular flexibility index (Phi) is 7.62. The number of nitrogens with one attached hydrogen (secondary N) is 2. The van der Waals surface area contributed by atoms with Gasteiger partial charge >= 0.3 is 0 Å². The van der Waals surface area contributed by atoms with Crippen LogP contribution in [0.1, 0.15) is 12.8 Å². The molecule has 106 valence electrons. The normalized spacial score (nSPS) is 11.9. The van der Waals surface area contributed by atoms with Gasteiger partial charge in [0, 0.05) is 20.0 Å². The first-order valence-corrected chi connectivity index (χ1v) is 6.49. The van der Waals surface area contributed by atoms with Crippen molar-refractivity contribution in [3.05, 3.63) is 30.3 Å². The number of aliphatic hydroxyl groups excluding tert-OH is 1. The van der Waals surface area contributed by atoms with Gasteiger partial charge in [0.1, 0.15) is 18.5 Å². The number of hydrogen-bond donors (Lipinski definition) is 3. The van der Waals surface area contributed by atoms with Gasteiger partial charge in [-0.05, 0) is 25.1 Å². The highest BCUT2D eigenvalue weighted by Gasteiger charge is 2.04. The van der Waals surface area contributed by atoms with Gasteiger partial charge in [0.15, 0.2) is 0 Å². The Labute approximate surface area is 114 Å². The van der Waals surface area contributed by atoms with E-state index >= 15 is 0 Å². The number of aliphatic hydroxyl groups is 1. The molecule has 0 aliphatic rings. The predicted octanol–water partition coefficient (Wildman–Crippen LogP) is 0.542. The molecule has 0 bridgehead atoms. The fraction of sp³-hybridized carbons (Fsp3) is 0.500.